The number of ether oxygens (including phenoxy) is 1. The maximum absolute atomic E-state index is 14.6. The van der Waals surface area contributed by atoms with Crippen molar-refractivity contribution >= 4 is 32.9 Å². The van der Waals surface area contributed by atoms with Gasteiger partial charge in [0.05, 0.1) is 12.5 Å². The summed E-state index contributed by atoms with van der Waals surface area (Å²) in [7, 11) is 2.59. The van der Waals surface area contributed by atoms with Crippen molar-refractivity contribution in [3.8, 4) is 17.0 Å². The van der Waals surface area contributed by atoms with Crippen LogP contribution in [0.1, 0.15) is 41.1 Å². The van der Waals surface area contributed by atoms with Gasteiger partial charge in [-0.05, 0) is 68.3 Å². The molecule has 2 amide bonds. The van der Waals surface area contributed by atoms with Gasteiger partial charge < -0.3 is 19.1 Å². The molecule has 1 saturated carbocycles. The Kier molecular flexibility index (Phi) is 5.84. The van der Waals surface area contributed by atoms with Gasteiger partial charge in [0, 0.05) is 79.5 Å². The highest BCUT2D eigenvalue weighted by Gasteiger charge is 2.65. The lowest BCUT2D eigenvalue weighted by Gasteiger charge is -2.41. The van der Waals surface area contributed by atoms with Crippen molar-refractivity contribution in [2.24, 2.45) is 5.41 Å². The molecule has 4 atom stereocenters. The van der Waals surface area contributed by atoms with E-state index < -0.39 is 21.5 Å². The summed E-state index contributed by atoms with van der Waals surface area (Å²) in [6, 6.07) is 13.9. The number of benzene rings is 2. The largest absolute Gasteiger partial charge is 0.497 e. The standard InChI is InChI=1S/C30H35N5O5S/c1-32(2)41(38,39)31-28(36)19-6-5-18-11-27-23-10-9-22(40-4)13-24(23)25-14-30(25,17-34(27)26(18)12-19)29(37)35-20-7-8-21(35)16-33(3)15-20/h5-6,9-13,20-21,25H,7-8,14-17H2,1-4H3,(H,31,36)/t20?,21?,25-,30-/m0/s1. The van der Waals surface area contributed by atoms with Crippen LogP contribution in [0.4, 0.5) is 0 Å². The maximum Gasteiger partial charge on any atom is 0.303 e. The number of nitrogens with zero attached hydrogens (tertiary/aromatic N) is 4. The van der Waals surface area contributed by atoms with E-state index in [4.69, 9.17) is 4.74 Å². The molecule has 1 N–H and O–H groups in total. The molecule has 10 nitrogen and oxygen atoms in total. The van der Waals surface area contributed by atoms with Gasteiger partial charge in [0.1, 0.15) is 5.75 Å². The first-order chi connectivity index (χ1) is 19.5. The second kappa shape index (κ2) is 9.04. The van der Waals surface area contributed by atoms with E-state index in [2.05, 4.69) is 44.3 Å². The Morgan fingerprint density at radius 3 is 2.46 bits per heavy atom. The van der Waals surface area contributed by atoms with Crippen molar-refractivity contribution in [3.05, 3.63) is 53.6 Å². The average Bonchev–Trinajstić information content (AvgIpc) is 3.50. The van der Waals surface area contributed by atoms with Gasteiger partial charge in [0.2, 0.25) is 5.91 Å². The average molecular weight is 578 g/mol. The molecule has 0 spiro atoms. The van der Waals surface area contributed by atoms with Crippen LogP contribution in [0.25, 0.3) is 22.2 Å². The number of hydrogen-bond acceptors (Lipinski definition) is 6. The third kappa shape index (κ3) is 4.00. The number of fused-ring (bicyclic) bond motifs is 9. The summed E-state index contributed by atoms with van der Waals surface area (Å²) in [6.07, 6.45) is 2.84. The van der Waals surface area contributed by atoms with Crippen LogP contribution in [-0.4, -0.2) is 92.3 Å². The van der Waals surface area contributed by atoms with Crippen molar-refractivity contribution in [1.82, 2.24) is 23.4 Å². The summed E-state index contributed by atoms with van der Waals surface area (Å²) in [6.45, 7) is 2.30. The first-order valence-corrected chi connectivity index (χ1v) is 15.5. The summed E-state index contributed by atoms with van der Waals surface area (Å²) in [5.74, 6) is 0.379. The first-order valence-electron chi connectivity index (χ1n) is 14.1. The quantitative estimate of drug-likeness (QED) is 0.500. The molecule has 7 rings (SSSR count). The van der Waals surface area contributed by atoms with Gasteiger partial charge >= 0.3 is 10.2 Å². The monoisotopic (exact) mass is 577 g/mol. The topological polar surface area (TPSA) is 104 Å². The van der Waals surface area contributed by atoms with E-state index in [1.54, 1.807) is 19.2 Å². The van der Waals surface area contributed by atoms with Crippen molar-refractivity contribution < 1.29 is 22.7 Å². The van der Waals surface area contributed by atoms with Crippen molar-refractivity contribution in [2.75, 3.05) is 41.3 Å². The van der Waals surface area contributed by atoms with E-state index in [-0.39, 0.29) is 29.5 Å². The van der Waals surface area contributed by atoms with Crippen LogP contribution in [0.15, 0.2) is 42.5 Å². The molecule has 1 aromatic heterocycles. The number of aromatic nitrogens is 1. The Hall–Kier alpha value is -3.41. The van der Waals surface area contributed by atoms with Gasteiger partial charge in [-0.1, -0.05) is 6.07 Å². The Balaban J connectivity index is 1.34. The van der Waals surface area contributed by atoms with Gasteiger partial charge in [0.15, 0.2) is 0 Å². The van der Waals surface area contributed by atoms with E-state index in [1.165, 1.54) is 14.1 Å². The summed E-state index contributed by atoms with van der Waals surface area (Å²) in [5.41, 5.74) is 3.63. The van der Waals surface area contributed by atoms with E-state index in [0.29, 0.717) is 6.54 Å². The molecule has 3 aliphatic heterocycles. The van der Waals surface area contributed by atoms with Crippen molar-refractivity contribution in [1.29, 1.82) is 0 Å². The number of nitrogens with one attached hydrogen (secondary N) is 1. The second-order valence-corrected chi connectivity index (χ2v) is 14.2. The minimum Gasteiger partial charge on any atom is -0.497 e. The summed E-state index contributed by atoms with van der Waals surface area (Å²) < 4.78 is 35.5. The molecule has 216 valence electrons. The van der Waals surface area contributed by atoms with Crippen LogP contribution in [0.5, 0.6) is 5.75 Å². The predicted molar refractivity (Wildman–Crippen MR) is 155 cm³/mol. The number of carbonyl (C=O) groups excluding carboxylic acids is 2. The zero-order valence-corrected chi connectivity index (χ0v) is 24.6. The van der Waals surface area contributed by atoms with Crippen molar-refractivity contribution in [2.45, 2.75) is 43.8 Å². The van der Waals surface area contributed by atoms with Crippen LogP contribution in [-0.2, 0) is 21.5 Å². The minimum absolute atomic E-state index is 0.0748. The van der Waals surface area contributed by atoms with Crippen LogP contribution in [0.3, 0.4) is 0 Å². The minimum atomic E-state index is -3.94. The molecule has 2 bridgehead atoms. The Morgan fingerprint density at radius 2 is 1.78 bits per heavy atom. The highest BCUT2D eigenvalue weighted by atomic mass is 32.2. The first kappa shape index (κ1) is 26.5. The van der Waals surface area contributed by atoms with Gasteiger partial charge in [-0.3, -0.25) is 9.59 Å². The Bertz CT molecular complexity index is 1700. The maximum atomic E-state index is 14.6. The normalized spacial score (nSPS) is 26.8. The third-order valence-corrected chi connectivity index (χ3v) is 11.0. The smallest absolute Gasteiger partial charge is 0.303 e. The van der Waals surface area contributed by atoms with E-state index >= 15 is 0 Å². The number of amides is 2. The molecule has 4 aliphatic rings. The summed E-state index contributed by atoms with van der Waals surface area (Å²) >= 11 is 0. The zero-order valence-electron chi connectivity index (χ0n) is 23.8. The van der Waals surface area contributed by atoms with Gasteiger partial charge in [0.25, 0.3) is 5.91 Å². The number of carbonyl (C=O) groups is 2. The van der Waals surface area contributed by atoms with Gasteiger partial charge in [-0.25, -0.2) is 4.72 Å². The number of piperazine rings is 1. The zero-order chi connectivity index (χ0) is 28.8. The fraction of sp³-hybridized carbons (Fsp3) is 0.467. The summed E-state index contributed by atoms with van der Waals surface area (Å²) in [5, 5.41) is 0.926. The van der Waals surface area contributed by atoms with Crippen LogP contribution < -0.4 is 9.46 Å². The number of likely N-dealkylation sites (tertiary alicyclic amines) is 1. The molecule has 11 heteroatoms. The van der Waals surface area contributed by atoms with Crippen LogP contribution >= 0.6 is 0 Å². The molecule has 4 heterocycles. The fourth-order valence-corrected chi connectivity index (χ4v) is 7.96. The number of methoxy groups -OCH3 is 1. The summed E-state index contributed by atoms with van der Waals surface area (Å²) in [4.78, 5) is 32.1. The van der Waals surface area contributed by atoms with Crippen LogP contribution in [0, 0.1) is 5.41 Å². The lowest BCUT2D eigenvalue weighted by molar-refractivity contribution is -0.143. The second-order valence-electron chi connectivity index (χ2n) is 12.3. The van der Waals surface area contributed by atoms with Crippen molar-refractivity contribution in [3.63, 3.8) is 0 Å². The number of hydrogen-bond donors (Lipinski definition) is 1. The Labute approximate surface area is 240 Å². The SMILES string of the molecule is COc1ccc2c(c1)[C@@H]1C[C@]1(C(=O)N1C3CCC1CN(C)C3)Cn1c-2cc2ccc(C(=O)NS(=O)(=O)N(C)C)cc21. The molecule has 2 saturated heterocycles. The molecule has 41 heavy (non-hydrogen) atoms. The highest BCUT2D eigenvalue weighted by Crippen LogP contribution is 2.66. The van der Waals surface area contributed by atoms with Gasteiger partial charge in [-0.2, -0.15) is 12.7 Å². The molecule has 3 fully saturated rings. The Morgan fingerprint density at radius 1 is 1.05 bits per heavy atom. The molecule has 1 aliphatic carbocycles. The number of likely N-dealkylation sites (N-methyl/N-ethyl adjacent to an activating group) is 1. The number of rotatable bonds is 5. The predicted octanol–water partition coefficient (Wildman–Crippen LogP) is 2.65. The van der Waals surface area contributed by atoms with E-state index in [9.17, 15) is 18.0 Å². The molecular weight excluding hydrogens is 542 g/mol. The molecular formula is C30H35N5O5S. The molecule has 2 aromatic carbocycles. The van der Waals surface area contributed by atoms with Crippen LogP contribution in [0.2, 0.25) is 0 Å². The molecule has 3 aromatic rings. The van der Waals surface area contributed by atoms with E-state index in [1.807, 2.05) is 12.1 Å². The molecule has 0 radical (unpaired) electrons. The lowest BCUT2D eigenvalue weighted by atomic mass is 9.93. The third-order valence-electron chi connectivity index (χ3n) is 9.62. The van der Waals surface area contributed by atoms with E-state index in [0.717, 1.165) is 70.1 Å². The van der Waals surface area contributed by atoms with Gasteiger partial charge in [-0.15, -0.1) is 0 Å². The fourth-order valence-electron chi connectivity index (χ4n) is 7.42. The lowest BCUT2D eigenvalue weighted by Crippen LogP contribution is -2.57. The highest BCUT2D eigenvalue weighted by molar-refractivity contribution is 7.87. The molecule has 2 unspecified atom stereocenters.